The molecule has 0 bridgehead atoms. The minimum Gasteiger partial charge on any atom is -0.406 e. The summed E-state index contributed by atoms with van der Waals surface area (Å²) in [7, 11) is 0. The van der Waals surface area contributed by atoms with Crippen LogP contribution in [0.3, 0.4) is 0 Å². The summed E-state index contributed by atoms with van der Waals surface area (Å²) in [6.07, 6.45) is -0.620. The SMILES string of the molecule is Fc1ccc(OC(F)(F)F)cc1[C@@H](C1CCCC1)N1CCNCC1. The zero-order valence-electron chi connectivity index (χ0n) is 13.4. The second-order valence-corrected chi connectivity index (χ2v) is 6.51. The van der Waals surface area contributed by atoms with Crippen LogP contribution in [0.5, 0.6) is 5.75 Å². The first-order chi connectivity index (χ1) is 11.4. The third-order valence-corrected chi connectivity index (χ3v) is 4.91. The molecule has 0 amide bonds. The molecular weight excluding hydrogens is 324 g/mol. The predicted molar refractivity (Wildman–Crippen MR) is 82.2 cm³/mol. The van der Waals surface area contributed by atoms with Crippen LogP contribution in [-0.4, -0.2) is 37.4 Å². The summed E-state index contributed by atoms with van der Waals surface area (Å²) < 4.78 is 56.0. The Kier molecular flexibility index (Phi) is 5.30. The average Bonchev–Trinajstić information content (AvgIpc) is 3.04. The Labute approximate surface area is 139 Å². The number of nitrogens with zero attached hydrogens (tertiary/aromatic N) is 1. The predicted octanol–water partition coefficient (Wildman–Crippen LogP) is 3.86. The summed E-state index contributed by atoms with van der Waals surface area (Å²) in [6.45, 7) is 3.16. The molecule has 1 aliphatic carbocycles. The fourth-order valence-corrected chi connectivity index (χ4v) is 3.93. The number of nitrogens with one attached hydrogen (secondary N) is 1. The van der Waals surface area contributed by atoms with E-state index in [1.54, 1.807) is 0 Å². The van der Waals surface area contributed by atoms with Crippen molar-refractivity contribution in [1.29, 1.82) is 0 Å². The maximum Gasteiger partial charge on any atom is 0.573 e. The van der Waals surface area contributed by atoms with Crippen molar-refractivity contribution < 1.29 is 22.3 Å². The Balaban J connectivity index is 1.91. The maximum atomic E-state index is 14.5. The molecule has 1 heterocycles. The number of alkyl halides is 3. The highest BCUT2D eigenvalue weighted by atomic mass is 19.4. The number of rotatable bonds is 4. The van der Waals surface area contributed by atoms with Crippen molar-refractivity contribution in [2.24, 2.45) is 5.92 Å². The summed E-state index contributed by atoms with van der Waals surface area (Å²) >= 11 is 0. The van der Waals surface area contributed by atoms with Crippen molar-refractivity contribution >= 4 is 0 Å². The molecule has 2 aliphatic rings. The molecular formula is C17H22F4N2O. The molecule has 0 unspecified atom stereocenters. The van der Waals surface area contributed by atoms with Gasteiger partial charge < -0.3 is 10.1 Å². The molecule has 0 radical (unpaired) electrons. The highest BCUT2D eigenvalue weighted by molar-refractivity contribution is 5.33. The number of hydrogen-bond donors (Lipinski definition) is 1. The molecule has 1 aliphatic heterocycles. The zero-order chi connectivity index (χ0) is 17.2. The Morgan fingerprint density at radius 1 is 1.12 bits per heavy atom. The van der Waals surface area contributed by atoms with Crippen LogP contribution in [0.25, 0.3) is 0 Å². The molecule has 1 aromatic carbocycles. The van der Waals surface area contributed by atoms with E-state index in [4.69, 9.17) is 0 Å². The number of benzene rings is 1. The molecule has 2 fully saturated rings. The van der Waals surface area contributed by atoms with E-state index in [-0.39, 0.29) is 17.7 Å². The lowest BCUT2D eigenvalue weighted by molar-refractivity contribution is -0.274. The van der Waals surface area contributed by atoms with Crippen molar-refractivity contribution in [2.45, 2.75) is 38.1 Å². The zero-order valence-corrected chi connectivity index (χ0v) is 13.4. The van der Waals surface area contributed by atoms with Crippen molar-refractivity contribution in [3.8, 4) is 5.75 Å². The van der Waals surface area contributed by atoms with E-state index in [0.29, 0.717) is 5.56 Å². The van der Waals surface area contributed by atoms with E-state index >= 15 is 0 Å². The van der Waals surface area contributed by atoms with Crippen molar-refractivity contribution in [2.75, 3.05) is 26.2 Å². The molecule has 1 saturated carbocycles. The summed E-state index contributed by atoms with van der Waals surface area (Å²) in [5.74, 6) is -0.532. The van der Waals surface area contributed by atoms with Gasteiger partial charge in [0.15, 0.2) is 0 Å². The van der Waals surface area contributed by atoms with Gasteiger partial charge in [0.05, 0.1) is 0 Å². The fourth-order valence-electron chi connectivity index (χ4n) is 3.93. The lowest BCUT2D eigenvalue weighted by Gasteiger charge is -2.38. The van der Waals surface area contributed by atoms with Gasteiger partial charge in [0.1, 0.15) is 11.6 Å². The highest BCUT2D eigenvalue weighted by Crippen LogP contribution is 2.41. The molecule has 1 aromatic rings. The van der Waals surface area contributed by atoms with Gasteiger partial charge in [-0.1, -0.05) is 12.8 Å². The summed E-state index contributed by atoms with van der Waals surface area (Å²) in [5, 5.41) is 3.26. The van der Waals surface area contributed by atoms with E-state index in [9.17, 15) is 17.6 Å². The average molecular weight is 346 g/mol. The van der Waals surface area contributed by atoms with Gasteiger partial charge in [0, 0.05) is 37.8 Å². The standard InChI is InChI=1S/C17H22F4N2O/c18-15-6-5-13(24-17(19,20)21)11-14(15)16(12-3-1-2-4-12)23-9-7-22-8-10-23/h5-6,11-12,16,22H,1-4,7-10H2/t16-/m1/s1. The Morgan fingerprint density at radius 2 is 1.79 bits per heavy atom. The van der Waals surface area contributed by atoms with Crippen LogP contribution in [0.15, 0.2) is 18.2 Å². The minimum atomic E-state index is -4.77. The van der Waals surface area contributed by atoms with Gasteiger partial charge in [-0.2, -0.15) is 0 Å². The molecule has 1 atom stereocenters. The summed E-state index contributed by atoms with van der Waals surface area (Å²) in [4.78, 5) is 2.20. The number of piperazine rings is 1. The molecule has 0 spiro atoms. The van der Waals surface area contributed by atoms with Gasteiger partial charge >= 0.3 is 6.36 Å². The molecule has 7 heteroatoms. The third-order valence-electron chi connectivity index (χ3n) is 4.91. The Morgan fingerprint density at radius 3 is 2.42 bits per heavy atom. The first-order valence-electron chi connectivity index (χ1n) is 8.44. The molecule has 3 nitrogen and oxygen atoms in total. The van der Waals surface area contributed by atoms with Crippen molar-refractivity contribution in [1.82, 2.24) is 10.2 Å². The summed E-state index contributed by atoms with van der Waals surface area (Å²) in [5.41, 5.74) is 0.325. The second-order valence-electron chi connectivity index (χ2n) is 6.51. The monoisotopic (exact) mass is 346 g/mol. The van der Waals surface area contributed by atoms with Crippen LogP contribution in [0.4, 0.5) is 17.6 Å². The minimum absolute atomic E-state index is 0.189. The first kappa shape index (κ1) is 17.5. The van der Waals surface area contributed by atoms with Gasteiger partial charge in [-0.25, -0.2) is 4.39 Å². The first-order valence-corrected chi connectivity index (χ1v) is 8.44. The van der Waals surface area contributed by atoms with Crippen LogP contribution in [-0.2, 0) is 0 Å². The lowest BCUT2D eigenvalue weighted by atomic mass is 9.89. The third kappa shape index (κ3) is 4.19. The fraction of sp³-hybridized carbons (Fsp3) is 0.647. The number of hydrogen-bond acceptors (Lipinski definition) is 3. The van der Waals surface area contributed by atoms with Crippen LogP contribution in [0.2, 0.25) is 0 Å². The van der Waals surface area contributed by atoms with Gasteiger partial charge in [-0.3, -0.25) is 4.90 Å². The van der Waals surface area contributed by atoms with E-state index < -0.39 is 12.2 Å². The van der Waals surface area contributed by atoms with Gasteiger partial charge in [-0.15, -0.1) is 13.2 Å². The molecule has 0 aromatic heterocycles. The van der Waals surface area contributed by atoms with Gasteiger partial charge in [0.25, 0.3) is 0 Å². The van der Waals surface area contributed by atoms with Crippen molar-refractivity contribution in [3.63, 3.8) is 0 Å². The van der Waals surface area contributed by atoms with Gasteiger partial charge in [-0.05, 0) is 37.0 Å². The second kappa shape index (κ2) is 7.27. The van der Waals surface area contributed by atoms with E-state index in [0.717, 1.165) is 64.0 Å². The molecule has 3 rings (SSSR count). The number of ether oxygens (including phenoxy) is 1. The van der Waals surface area contributed by atoms with Crippen LogP contribution < -0.4 is 10.1 Å². The summed E-state index contributed by atoms with van der Waals surface area (Å²) in [6, 6.07) is 3.16. The van der Waals surface area contributed by atoms with Crippen LogP contribution in [0.1, 0.15) is 37.3 Å². The molecule has 134 valence electrons. The van der Waals surface area contributed by atoms with Gasteiger partial charge in [0.2, 0.25) is 0 Å². The largest absolute Gasteiger partial charge is 0.573 e. The Bertz CT molecular complexity index is 552. The topological polar surface area (TPSA) is 24.5 Å². The van der Waals surface area contributed by atoms with Crippen LogP contribution in [0, 0.1) is 11.7 Å². The van der Waals surface area contributed by atoms with Crippen molar-refractivity contribution in [3.05, 3.63) is 29.6 Å². The molecule has 1 saturated heterocycles. The molecule has 1 N–H and O–H groups in total. The molecule has 24 heavy (non-hydrogen) atoms. The normalized spacial score (nSPS) is 21.8. The smallest absolute Gasteiger partial charge is 0.406 e. The maximum absolute atomic E-state index is 14.5. The Hall–Kier alpha value is -1.34. The number of halogens is 4. The highest BCUT2D eigenvalue weighted by Gasteiger charge is 2.35. The van der Waals surface area contributed by atoms with Crippen LogP contribution >= 0.6 is 0 Å². The van der Waals surface area contributed by atoms with E-state index in [2.05, 4.69) is 15.0 Å². The van der Waals surface area contributed by atoms with E-state index in [1.807, 2.05) is 0 Å². The lowest BCUT2D eigenvalue weighted by Crippen LogP contribution is -2.46. The quantitative estimate of drug-likeness (QED) is 0.838. The van der Waals surface area contributed by atoms with E-state index in [1.165, 1.54) is 6.07 Å².